The van der Waals surface area contributed by atoms with E-state index in [-0.39, 0.29) is 17.3 Å². The number of halogens is 1. The Labute approximate surface area is 79.8 Å². The number of aliphatic hydroxyl groups is 1. The number of aromatic nitrogens is 2. The van der Waals surface area contributed by atoms with Gasteiger partial charge in [0.1, 0.15) is 17.3 Å². The Hall–Kier alpha value is -1.20. The van der Waals surface area contributed by atoms with Crippen LogP contribution in [0.2, 0.25) is 5.15 Å². The molecular weight excluding hydrogens is 194 g/mol. The maximum atomic E-state index is 10.5. The molecule has 0 spiro atoms. The van der Waals surface area contributed by atoms with E-state index >= 15 is 0 Å². The molecule has 1 heterocycles. The van der Waals surface area contributed by atoms with Crippen LogP contribution < -0.4 is 5.32 Å². The van der Waals surface area contributed by atoms with Crippen molar-refractivity contribution in [1.29, 1.82) is 0 Å². The minimum Gasteiger partial charge on any atom is -0.395 e. The van der Waals surface area contributed by atoms with Gasteiger partial charge in [-0.25, -0.2) is 9.97 Å². The van der Waals surface area contributed by atoms with Crippen LogP contribution in [-0.2, 0) is 0 Å². The number of aldehydes is 1. The van der Waals surface area contributed by atoms with Gasteiger partial charge in [0.2, 0.25) is 0 Å². The Morgan fingerprint density at radius 1 is 1.62 bits per heavy atom. The van der Waals surface area contributed by atoms with E-state index < -0.39 is 0 Å². The second kappa shape index (κ2) is 4.74. The zero-order chi connectivity index (χ0) is 9.68. The molecule has 0 aliphatic heterocycles. The topological polar surface area (TPSA) is 75.1 Å². The number of aliphatic hydroxyl groups excluding tert-OH is 1. The van der Waals surface area contributed by atoms with Gasteiger partial charge in [-0.1, -0.05) is 11.6 Å². The molecule has 0 fully saturated rings. The Bertz CT molecular complexity index is 306. The summed E-state index contributed by atoms with van der Waals surface area (Å²) in [4.78, 5) is 18.0. The lowest BCUT2D eigenvalue weighted by molar-refractivity contribution is 0.112. The first-order valence-electron chi connectivity index (χ1n) is 3.60. The van der Waals surface area contributed by atoms with Crippen LogP contribution in [0, 0.1) is 0 Å². The molecule has 0 saturated carbocycles. The lowest BCUT2D eigenvalue weighted by Crippen LogP contribution is -2.09. The molecule has 0 aliphatic rings. The third-order valence-electron chi connectivity index (χ3n) is 1.36. The molecule has 1 rings (SSSR count). The van der Waals surface area contributed by atoms with Crippen LogP contribution in [0.4, 0.5) is 5.82 Å². The molecule has 0 bridgehead atoms. The summed E-state index contributed by atoms with van der Waals surface area (Å²) < 4.78 is 0. The summed E-state index contributed by atoms with van der Waals surface area (Å²) in [7, 11) is 0. The van der Waals surface area contributed by atoms with Gasteiger partial charge in [0.05, 0.1) is 12.2 Å². The summed E-state index contributed by atoms with van der Waals surface area (Å²) in [5.74, 6) is 0.337. The van der Waals surface area contributed by atoms with Crippen molar-refractivity contribution in [1.82, 2.24) is 9.97 Å². The zero-order valence-electron chi connectivity index (χ0n) is 6.70. The van der Waals surface area contributed by atoms with Gasteiger partial charge in [-0.05, 0) is 0 Å². The number of carbonyl (C=O) groups is 1. The van der Waals surface area contributed by atoms with Crippen molar-refractivity contribution in [3.63, 3.8) is 0 Å². The SMILES string of the molecule is O=Cc1c(Cl)ncnc1NCCO. The normalized spacial score (nSPS) is 9.69. The van der Waals surface area contributed by atoms with Gasteiger partial charge in [-0.15, -0.1) is 0 Å². The molecule has 0 saturated heterocycles. The summed E-state index contributed by atoms with van der Waals surface area (Å²) in [5, 5.41) is 11.4. The summed E-state index contributed by atoms with van der Waals surface area (Å²) in [6.45, 7) is 0.272. The number of hydrogen-bond donors (Lipinski definition) is 2. The van der Waals surface area contributed by atoms with Gasteiger partial charge in [-0.2, -0.15) is 0 Å². The van der Waals surface area contributed by atoms with Crippen LogP contribution in [0.25, 0.3) is 0 Å². The van der Waals surface area contributed by atoms with Crippen LogP contribution in [0.3, 0.4) is 0 Å². The quantitative estimate of drug-likeness (QED) is 0.543. The molecule has 0 radical (unpaired) electrons. The first-order valence-corrected chi connectivity index (χ1v) is 3.97. The van der Waals surface area contributed by atoms with Crippen molar-refractivity contribution < 1.29 is 9.90 Å². The molecule has 6 heteroatoms. The predicted octanol–water partition coefficient (Wildman–Crippen LogP) is 0.347. The monoisotopic (exact) mass is 201 g/mol. The maximum Gasteiger partial charge on any atom is 0.156 e. The molecule has 1 aromatic rings. The van der Waals surface area contributed by atoms with Crippen LogP contribution in [0.1, 0.15) is 10.4 Å². The Morgan fingerprint density at radius 2 is 2.38 bits per heavy atom. The fourth-order valence-electron chi connectivity index (χ4n) is 0.794. The highest BCUT2D eigenvalue weighted by atomic mass is 35.5. The first kappa shape index (κ1) is 9.88. The van der Waals surface area contributed by atoms with E-state index in [0.29, 0.717) is 18.6 Å². The van der Waals surface area contributed by atoms with Crippen LogP contribution in [0.5, 0.6) is 0 Å². The van der Waals surface area contributed by atoms with Gasteiger partial charge in [0.15, 0.2) is 6.29 Å². The van der Waals surface area contributed by atoms with E-state index in [1.54, 1.807) is 0 Å². The lowest BCUT2D eigenvalue weighted by Gasteiger charge is -2.05. The first-order chi connectivity index (χ1) is 6.29. The van der Waals surface area contributed by atoms with Crippen LogP contribution in [-0.4, -0.2) is 34.5 Å². The number of nitrogens with zero attached hydrogens (tertiary/aromatic N) is 2. The van der Waals surface area contributed by atoms with Gasteiger partial charge in [0.25, 0.3) is 0 Å². The Kier molecular flexibility index (Phi) is 3.60. The van der Waals surface area contributed by atoms with E-state index in [4.69, 9.17) is 16.7 Å². The van der Waals surface area contributed by atoms with Gasteiger partial charge in [0, 0.05) is 6.54 Å². The highest BCUT2D eigenvalue weighted by molar-refractivity contribution is 6.32. The van der Waals surface area contributed by atoms with Crippen molar-refractivity contribution in [3.8, 4) is 0 Å². The molecular formula is C7H8ClN3O2. The standard InChI is InChI=1S/C7H8ClN3O2/c8-6-5(3-13)7(9-1-2-12)11-4-10-6/h3-4,12H,1-2H2,(H,9,10,11). The van der Waals surface area contributed by atoms with Crippen molar-refractivity contribution >= 4 is 23.7 Å². The smallest absolute Gasteiger partial charge is 0.156 e. The minimum absolute atomic E-state index is 0.0417. The van der Waals surface area contributed by atoms with Crippen molar-refractivity contribution in [2.24, 2.45) is 0 Å². The van der Waals surface area contributed by atoms with E-state index in [9.17, 15) is 4.79 Å². The summed E-state index contributed by atoms with van der Waals surface area (Å²) in [6.07, 6.45) is 1.82. The third kappa shape index (κ3) is 2.37. The van der Waals surface area contributed by atoms with Crippen LogP contribution >= 0.6 is 11.6 Å². The summed E-state index contributed by atoms with van der Waals surface area (Å²) in [6, 6.07) is 0. The Balaban J connectivity index is 2.91. The molecule has 0 aliphatic carbocycles. The minimum atomic E-state index is -0.0417. The van der Waals surface area contributed by atoms with Crippen molar-refractivity contribution in [2.45, 2.75) is 0 Å². The summed E-state index contributed by atoms with van der Waals surface area (Å²) >= 11 is 5.62. The van der Waals surface area contributed by atoms with E-state index in [0.717, 1.165) is 0 Å². The fourth-order valence-corrected chi connectivity index (χ4v) is 0.971. The third-order valence-corrected chi connectivity index (χ3v) is 1.66. The molecule has 0 unspecified atom stereocenters. The lowest BCUT2D eigenvalue weighted by atomic mass is 10.3. The zero-order valence-corrected chi connectivity index (χ0v) is 7.45. The van der Waals surface area contributed by atoms with Crippen molar-refractivity contribution in [3.05, 3.63) is 17.0 Å². The molecule has 2 N–H and O–H groups in total. The highest BCUT2D eigenvalue weighted by Gasteiger charge is 2.07. The van der Waals surface area contributed by atoms with E-state index in [2.05, 4.69) is 15.3 Å². The fraction of sp³-hybridized carbons (Fsp3) is 0.286. The molecule has 70 valence electrons. The van der Waals surface area contributed by atoms with Crippen LogP contribution in [0.15, 0.2) is 6.33 Å². The average molecular weight is 202 g/mol. The molecule has 0 amide bonds. The Morgan fingerprint density at radius 3 is 3.00 bits per heavy atom. The van der Waals surface area contributed by atoms with Crippen molar-refractivity contribution in [2.75, 3.05) is 18.5 Å². The highest BCUT2D eigenvalue weighted by Crippen LogP contribution is 2.16. The average Bonchev–Trinajstić information content (AvgIpc) is 2.15. The number of nitrogens with one attached hydrogen (secondary N) is 1. The number of hydrogen-bond acceptors (Lipinski definition) is 5. The van der Waals surface area contributed by atoms with Gasteiger partial charge >= 0.3 is 0 Å². The second-order valence-corrected chi connectivity index (χ2v) is 2.55. The molecule has 0 aromatic carbocycles. The van der Waals surface area contributed by atoms with E-state index in [1.165, 1.54) is 6.33 Å². The number of rotatable bonds is 4. The largest absolute Gasteiger partial charge is 0.395 e. The maximum absolute atomic E-state index is 10.5. The van der Waals surface area contributed by atoms with Gasteiger partial charge in [-0.3, -0.25) is 4.79 Å². The number of anilines is 1. The second-order valence-electron chi connectivity index (χ2n) is 2.19. The van der Waals surface area contributed by atoms with E-state index in [1.807, 2.05) is 0 Å². The molecule has 1 aromatic heterocycles. The molecule has 13 heavy (non-hydrogen) atoms. The summed E-state index contributed by atoms with van der Waals surface area (Å²) in [5.41, 5.74) is 0.206. The predicted molar refractivity (Wildman–Crippen MR) is 48.0 cm³/mol. The number of carbonyl (C=O) groups excluding carboxylic acids is 1. The van der Waals surface area contributed by atoms with Gasteiger partial charge < -0.3 is 10.4 Å². The molecule has 0 atom stereocenters. The molecule has 5 nitrogen and oxygen atoms in total.